The van der Waals surface area contributed by atoms with Gasteiger partial charge in [-0.25, -0.2) is 9.18 Å². The number of halogens is 1. The third-order valence-electron chi connectivity index (χ3n) is 3.40. The van der Waals surface area contributed by atoms with E-state index < -0.39 is 17.7 Å². The van der Waals surface area contributed by atoms with Crippen molar-refractivity contribution in [3.8, 4) is 0 Å². The number of carbonyl (C=O) groups excluding carboxylic acids is 2. The lowest BCUT2D eigenvalue weighted by Crippen LogP contribution is -2.15. The molecule has 2 aromatic carbocycles. The van der Waals surface area contributed by atoms with Gasteiger partial charge in [-0.1, -0.05) is 24.3 Å². The highest BCUT2D eigenvalue weighted by atomic mass is 19.1. The van der Waals surface area contributed by atoms with Crippen LogP contribution in [0.5, 0.6) is 0 Å². The fourth-order valence-electron chi connectivity index (χ4n) is 2.22. The smallest absolute Gasteiger partial charge is 0.340 e. The Hall–Kier alpha value is -3.41. The number of hydrogen-bond donors (Lipinski definition) is 1. The third-order valence-corrected chi connectivity index (χ3v) is 3.40. The second-order valence-electron chi connectivity index (χ2n) is 5.18. The van der Waals surface area contributed by atoms with Crippen molar-refractivity contribution in [2.24, 2.45) is 0 Å². The van der Waals surface area contributed by atoms with E-state index in [1.807, 2.05) is 0 Å². The van der Waals surface area contributed by atoms with Crippen molar-refractivity contribution in [3.63, 3.8) is 0 Å². The predicted octanol–water partition coefficient (Wildman–Crippen LogP) is 4.03. The van der Waals surface area contributed by atoms with E-state index >= 15 is 0 Å². The molecule has 0 aliphatic rings. The largest absolute Gasteiger partial charge is 0.459 e. The molecule has 0 saturated heterocycles. The first kappa shape index (κ1) is 16.4. The van der Waals surface area contributed by atoms with Crippen LogP contribution in [0.3, 0.4) is 0 Å². The van der Waals surface area contributed by atoms with Crippen molar-refractivity contribution in [2.45, 2.75) is 6.61 Å². The average molecular weight is 339 g/mol. The fraction of sp³-hybridized carbons (Fsp3) is 0.0526. The van der Waals surface area contributed by atoms with Gasteiger partial charge in [0.2, 0.25) is 0 Å². The van der Waals surface area contributed by atoms with Crippen LogP contribution in [0, 0.1) is 5.82 Å². The van der Waals surface area contributed by atoms with Crippen molar-refractivity contribution in [1.29, 1.82) is 0 Å². The highest BCUT2D eigenvalue weighted by Crippen LogP contribution is 2.18. The monoisotopic (exact) mass is 339 g/mol. The Labute approximate surface area is 143 Å². The molecule has 3 rings (SSSR count). The molecule has 0 saturated carbocycles. The van der Waals surface area contributed by atoms with Gasteiger partial charge in [0.25, 0.3) is 5.91 Å². The zero-order chi connectivity index (χ0) is 17.6. The van der Waals surface area contributed by atoms with Gasteiger partial charge in [0.1, 0.15) is 12.4 Å². The van der Waals surface area contributed by atoms with Gasteiger partial charge in [-0.15, -0.1) is 0 Å². The predicted molar refractivity (Wildman–Crippen MR) is 88.6 cm³/mol. The van der Waals surface area contributed by atoms with Crippen LogP contribution in [0.15, 0.2) is 71.3 Å². The maximum absolute atomic E-state index is 13.2. The van der Waals surface area contributed by atoms with Gasteiger partial charge in [-0.3, -0.25) is 4.79 Å². The van der Waals surface area contributed by atoms with Gasteiger partial charge in [0.05, 0.1) is 17.5 Å². The molecule has 6 heteroatoms. The summed E-state index contributed by atoms with van der Waals surface area (Å²) in [5, 5.41) is 2.61. The summed E-state index contributed by atoms with van der Waals surface area (Å²) in [7, 11) is 0. The fourth-order valence-corrected chi connectivity index (χ4v) is 2.22. The summed E-state index contributed by atoms with van der Waals surface area (Å²) in [6.45, 7) is -0.0724. The Balaban J connectivity index is 1.71. The topological polar surface area (TPSA) is 68.5 Å². The second kappa shape index (κ2) is 7.44. The lowest BCUT2D eigenvalue weighted by atomic mass is 10.1. The third kappa shape index (κ3) is 4.11. The highest BCUT2D eigenvalue weighted by molar-refractivity contribution is 6.06. The Bertz CT molecular complexity index is 890. The number of amides is 1. The summed E-state index contributed by atoms with van der Waals surface area (Å²) >= 11 is 0. The number of para-hydroxylation sites is 1. The van der Waals surface area contributed by atoms with E-state index in [1.54, 1.807) is 30.3 Å². The van der Waals surface area contributed by atoms with Crippen LogP contribution >= 0.6 is 0 Å². The van der Waals surface area contributed by atoms with Crippen molar-refractivity contribution in [2.75, 3.05) is 5.32 Å². The molecule has 0 aliphatic carbocycles. The van der Waals surface area contributed by atoms with Gasteiger partial charge in [0.15, 0.2) is 5.76 Å². The van der Waals surface area contributed by atoms with Crippen molar-refractivity contribution in [3.05, 3.63) is 89.6 Å². The minimum atomic E-state index is -0.625. The molecule has 5 nitrogen and oxygen atoms in total. The van der Waals surface area contributed by atoms with E-state index in [-0.39, 0.29) is 17.9 Å². The normalized spacial score (nSPS) is 10.3. The van der Waals surface area contributed by atoms with Crippen molar-refractivity contribution in [1.82, 2.24) is 0 Å². The van der Waals surface area contributed by atoms with Crippen LogP contribution in [0.25, 0.3) is 0 Å². The molecule has 1 heterocycles. The lowest BCUT2D eigenvalue weighted by molar-refractivity contribution is 0.0473. The summed E-state index contributed by atoms with van der Waals surface area (Å²) < 4.78 is 23.4. The summed E-state index contributed by atoms with van der Waals surface area (Å²) in [4.78, 5) is 24.4. The number of rotatable bonds is 5. The number of benzene rings is 2. The van der Waals surface area contributed by atoms with Gasteiger partial charge < -0.3 is 14.5 Å². The second-order valence-corrected chi connectivity index (χ2v) is 5.18. The highest BCUT2D eigenvalue weighted by Gasteiger charge is 2.16. The minimum Gasteiger partial charge on any atom is -0.459 e. The number of furan rings is 1. The van der Waals surface area contributed by atoms with E-state index in [0.717, 1.165) is 0 Å². The molecule has 0 atom stereocenters. The molecule has 1 amide bonds. The lowest BCUT2D eigenvalue weighted by Gasteiger charge is -2.10. The summed E-state index contributed by atoms with van der Waals surface area (Å²) in [6.07, 6.45) is 1.38. The van der Waals surface area contributed by atoms with Crippen LogP contribution in [-0.2, 0) is 11.3 Å². The van der Waals surface area contributed by atoms with Crippen LogP contribution in [-0.4, -0.2) is 11.9 Å². The standard InChI is InChI=1S/C19H14FNO4/c20-14-6-3-5-13(11-14)12-25-19(23)15-7-1-2-8-16(15)21-18(22)17-9-4-10-24-17/h1-11H,12H2,(H,21,22). The van der Waals surface area contributed by atoms with E-state index in [1.165, 1.54) is 36.6 Å². The molecule has 0 bridgehead atoms. The number of esters is 1. The summed E-state index contributed by atoms with van der Waals surface area (Å²) in [5.41, 5.74) is 1.03. The molecule has 1 aromatic heterocycles. The van der Waals surface area contributed by atoms with E-state index in [2.05, 4.69) is 5.32 Å². The number of carbonyl (C=O) groups is 2. The maximum Gasteiger partial charge on any atom is 0.340 e. The zero-order valence-corrected chi connectivity index (χ0v) is 13.1. The SMILES string of the molecule is O=C(Nc1ccccc1C(=O)OCc1cccc(F)c1)c1ccco1. The molecule has 1 N–H and O–H groups in total. The molecule has 0 spiro atoms. The summed E-state index contributed by atoms with van der Waals surface area (Å²) in [6, 6.07) is 15.3. The van der Waals surface area contributed by atoms with Gasteiger partial charge >= 0.3 is 5.97 Å². The Kier molecular flexibility index (Phi) is 4.89. The molecule has 0 fully saturated rings. The minimum absolute atomic E-state index is 0.0724. The van der Waals surface area contributed by atoms with Crippen LogP contribution < -0.4 is 5.32 Å². The Morgan fingerprint density at radius 3 is 2.64 bits per heavy atom. The Morgan fingerprint density at radius 2 is 1.88 bits per heavy atom. The first-order valence-electron chi connectivity index (χ1n) is 7.49. The number of ether oxygens (including phenoxy) is 1. The van der Waals surface area contributed by atoms with Crippen molar-refractivity contribution >= 4 is 17.6 Å². The molecule has 0 radical (unpaired) electrons. The Morgan fingerprint density at radius 1 is 1.04 bits per heavy atom. The molecule has 25 heavy (non-hydrogen) atoms. The quantitative estimate of drug-likeness (QED) is 0.713. The van der Waals surface area contributed by atoms with Gasteiger partial charge in [-0.05, 0) is 42.0 Å². The average Bonchev–Trinajstić information content (AvgIpc) is 3.15. The molecule has 0 unspecified atom stereocenters. The summed E-state index contributed by atoms with van der Waals surface area (Å²) in [5.74, 6) is -1.38. The van der Waals surface area contributed by atoms with Crippen LogP contribution in [0.2, 0.25) is 0 Å². The van der Waals surface area contributed by atoms with Gasteiger partial charge in [-0.2, -0.15) is 0 Å². The first-order chi connectivity index (χ1) is 12.1. The zero-order valence-electron chi connectivity index (χ0n) is 13.1. The molecular formula is C19H14FNO4. The molecular weight excluding hydrogens is 325 g/mol. The van der Waals surface area contributed by atoms with E-state index in [4.69, 9.17) is 9.15 Å². The molecule has 126 valence electrons. The number of hydrogen-bond acceptors (Lipinski definition) is 4. The van der Waals surface area contributed by atoms with E-state index in [9.17, 15) is 14.0 Å². The molecule has 3 aromatic rings. The van der Waals surface area contributed by atoms with Crippen LogP contribution in [0.4, 0.5) is 10.1 Å². The van der Waals surface area contributed by atoms with E-state index in [0.29, 0.717) is 11.3 Å². The van der Waals surface area contributed by atoms with Crippen LogP contribution in [0.1, 0.15) is 26.5 Å². The number of anilines is 1. The van der Waals surface area contributed by atoms with Crippen molar-refractivity contribution < 1.29 is 23.1 Å². The number of nitrogens with one attached hydrogen (secondary N) is 1. The maximum atomic E-state index is 13.2. The molecule has 0 aliphatic heterocycles. The van der Waals surface area contributed by atoms with Gasteiger partial charge in [0, 0.05) is 0 Å². The first-order valence-corrected chi connectivity index (χ1v) is 7.49.